The number of nitrogens with zero attached hydrogens (tertiary/aromatic N) is 2. The van der Waals surface area contributed by atoms with Gasteiger partial charge in [-0.25, -0.2) is 4.39 Å². The van der Waals surface area contributed by atoms with Gasteiger partial charge in [-0.3, -0.25) is 10.1 Å². The second-order valence-electron chi connectivity index (χ2n) is 2.88. The van der Waals surface area contributed by atoms with Crippen LogP contribution in [0.4, 0.5) is 15.8 Å². The van der Waals surface area contributed by atoms with E-state index in [1.165, 1.54) is 31.1 Å². The lowest BCUT2D eigenvalue weighted by molar-refractivity contribution is -0.384. The Bertz CT molecular complexity index is 382. The van der Waals surface area contributed by atoms with Gasteiger partial charge in [-0.1, -0.05) is 11.6 Å². The van der Waals surface area contributed by atoms with E-state index in [0.717, 1.165) is 0 Å². The van der Waals surface area contributed by atoms with E-state index in [2.05, 4.69) is 0 Å². The smallest absolute Gasteiger partial charge is 0.295 e. The molecule has 14 heavy (non-hydrogen) atoms. The molecule has 0 aromatic heterocycles. The topological polar surface area (TPSA) is 46.4 Å². The van der Waals surface area contributed by atoms with Crippen LogP contribution < -0.4 is 4.90 Å². The van der Waals surface area contributed by atoms with Crippen molar-refractivity contribution < 1.29 is 9.31 Å². The van der Waals surface area contributed by atoms with Gasteiger partial charge in [-0.05, 0) is 6.07 Å². The number of hydrogen-bond donors (Lipinski definition) is 0. The van der Waals surface area contributed by atoms with Gasteiger partial charge in [0.2, 0.25) is 0 Å². The molecule has 0 N–H and O–H groups in total. The Morgan fingerprint density at radius 1 is 1.50 bits per heavy atom. The first-order valence-corrected chi connectivity index (χ1v) is 4.12. The Morgan fingerprint density at radius 2 is 2.07 bits per heavy atom. The molecule has 6 heteroatoms. The lowest BCUT2D eigenvalue weighted by Gasteiger charge is -2.13. The highest BCUT2D eigenvalue weighted by molar-refractivity contribution is 6.31. The van der Waals surface area contributed by atoms with Crippen molar-refractivity contribution in [1.82, 2.24) is 0 Å². The van der Waals surface area contributed by atoms with Gasteiger partial charge in [0.1, 0.15) is 0 Å². The Balaban J connectivity index is 3.45. The molecule has 0 atom stereocenters. The zero-order valence-electron chi connectivity index (χ0n) is 7.62. The summed E-state index contributed by atoms with van der Waals surface area (Å²) in [5, 5.41) is 10.4. The first kappa shape index (κ1) is 10.7. The van der Waals surface area contributed by atoms with Crippen LogP contribution >= 0.6 is 11.6 Å². The van der Waals surface area contributed by atoms with Gasteiger partial charge in [0.15, 0.2) is 11.5 Å². The zero-order valence-corrected chi connectivity index (χ0v) is 8.38. The third-order valence-electron chi connectivity index (χ3n) is 1.69. The average molecular weight is 219 g/mol. The lowest BCUT2D eigenvalue weighted by Crippen LogP contribution is -2.13. The van der Waals surface area contributed by atoms with Gasteiger partial charge in [0, 0.05) is 20.2 Å². The Kier molecular flexibility index (Phi) is 2.90. The van der Waals surface area contributed by atoms with Crippen LogP contribution in [0.1, 0.15) is 0 Å². The van der Waals surface area contributed by atoms with Crippen molar-refractivity contribution in [3.05, 3.63) is 33.1 Å². The maximum absolute atomic E-state index is 13.4. The predicted octanol–water partition coefficient (Wildman–Crippen LogP) is 2.45. The Hall–Kier alpha value is -1.36. The number of benzene rings is 1. The highest BCUT2D eigenvalue weighted by atomic mass is 35.5. The quantitative estimate of drug-likeness (QED) is 0.566. The fraction of sp³-hybridized carbons (Fsp3) is 0.250. The summed E-state index contributed by atoms with van der Waals surface area (Å²) >= 11 is 5.51. The average Bonchev–Trinajstić information content (AvgIpc) is 2.08. The molecule has 0 radical (unpaired) electrons. The third kappa shape index (κ3) is 1.77. The van der Waals surface area contributed by atoms with E-state index in [9.17, 15) is 14.5 Å². The molecule has 0 saturated heterocycles. The molecule has 0 aliphatic heterocycles. The number of rotatable bonds is 2. The Morgan fingerprint density at radius 3 is 2.50 bits per heavy atom. The lowest BCUT2D eigenvalue weighted by atomic mass is 10.2. The minimum Gasteiger partial charge on any atom is -0.370 e. The van der Waals surface area contributed by atoms with Crippen molar-refractivity contribution >= 4 is 23.0 Å². The molecule has 0 aliphatic rings. The predicted molar refractivity (Wildman–Crippen MR) is 52.4 cm³/mol. The van der Waals surface area contributed by atoms with Crippen molar-refractivity contribution in [3.63, 3.8) is 0 Å². The Labute approximate surface area is 85.0 Å². The summed E-state index contributed by atoms with van der Waals surface area (Å²) in [5.74, 6) is -0.772. The van der Waals surface area contributed by atoms with E-state index in [4.69, 9.17) is 11.6 Å². The summed E-state index contributed by atoms with van der Waals surface area (Å²) < 4.78 is 13.4. The van der Waals surface area contributed by atoms with E-state index in [0.29, 0.717) is 0 Å². The highest BCUT2D eigenvalue weighted by Crippen LogP contribution is 2.33. The minimum atomic E-state index is -0.772. The van der Waals surface area contributed by atoms with Crippen molar-refractivity contribution in [2.24, 2.45) is 0 Å². The number of nitro groups is 1. The molecular weight excluding hydrogens is 211 g/mol. The highest BCUT2D eigenvalue weighted by Gasteiger charge is 2.21. The number of hydrogen-bond acceptors (Lipinski definition) is 3. The number of halogens is 2. The normalized spacial score (nSPS) is 10.0. The largest absolute Gasteiger partial charge is 0.370 e. The van der Waals surface area contributed by atoms with Gasteiger partial charge in [0.25, 0.3) is 5.69 Å². The molecule has 0 amide bonds. The van der Waals surface area contributed by atoms with Crippen LogP contribution in [0.5, 0.6) is 0 Å². The molecule has 0 fully saturated rings. The van der Waals surface area contributed by atoms with E-state index in [1.807, 2.05) is 0 Å². The first-order chi connectivity index (χ1) is 6.45. The molecular formula is C8H8ClFN2O2. The molecule has 4 nitrogen and oxygen atoms in total. The first-order valence-electron chi connectivity index (χ1n) is 3.75. The minimum absolute atomic E-state index is 0.109. The van der Waals surface area contributed by atoms with Crippen LogP contribution in [0.3, 0.4) is 0 Å². The second kappa shape index (κ2) is 3.79. The fourth-order valence-corrected chi connectivity index (χ4v) is 1.25. The summed E-state index contributed by atoms with van der Waals surface area (Å²) in [4.78, 5) is 11.2. The second-order valence-corrected chi connectivity index (χ2v) is 3.29. The van der Waals surface area contributed by atoms with Crippen LogP contribution in [0.25, 0.3) is 0 Å². The van der Waals surface area contributed by atoms with Gasteiger partial charge >= 0.3 is 0 Å². The van der Waals surface area contributed by atoms with Crippen LogP contribution in [0, 0.1) is 15.9 Å². The SMILES string of the molecule is CN(C)c1c([N+](=O)[O-])ccc(Cl)c1F. The van der Waals surface area contributed by atoms with Gasteiger partial charge in [0.05, 0.1) is 9.95 Å². The van der Waals surface area contributed by atoms with E-state index >= 15 is 0 Å². The van der Waals surface area contributed by atoms with Gasteiger partial charge < -0.3 is 4.90 Å². The summed E-state index contributed by atoms with van der Waals surface area (Å²) in [6, 6.07) is 2.35. The fourth-order valence-electron chi connectivity index (χ4n) is 1.10. The maximum atomic E-state index is 13.4. The van der Waals surface area contributed by atoms with E-state index < -0.39 is 10.7 Å². The molecule has 0 saturated carbocycles. The zero-order chi connectivity index (χ0) is 10.9. The molecule has 0 heterocycles. The van der Waals surface area contributed by atoms with E-state index in [1.54, 1.807) is 0 Å². The molecule has 1 rings (SSSR count). The van der Waals surface area contributed by atoms with Crippen LogP contribution in [0.2, 0.25) is 5.02 Å². The van der Waals surface area contributed by atoms with E-state index in [-0.39, 0.29) is 16.4 Å². The van der Waals surface area contributed by atoms with Crippen molar-refractivity contribution in [1.29, 1.82) is 0 Å². The van der Waals surface area contributed by atoms with Crippen molar-refractivity contribution in [2.75, 3.05) is 19.0 Å². The molecule has 1 aromatic carbocycles. The van der Waals surface area contributed by atoms with Gasteiger partial charge in [-0.15, -0.1) is 0 Å². The van der Waals surface area contributed by atoms with Crippen molar-refractivity contribution in [2.45, 2.75) is 0 Å². The summed E-state index contributed by atoms with van der Waals surface area (Å²) in [7, 11) is 3.03. The summed E-state index contributed by atoms with van der Waals surface area (Å²) in [5.41, 5.74) is -0.403. The molecule has 76 valence electrons. The standard InChI is InChI=1S/C8H8ClFN2O2/c1-11(2)8-6(12(13)14)4-3-5(9)7(8)10/h3-4H,1-2H3. The maximum Gasteiger partial charge on any atom is 0.295 e. The molecule has 0 unspecified atom stereocenters. The van der Waals surface area contributed by atoms with Crippen LogP contribution in [-0.4, -0.2) is 19.0 Å². The van der Waals surface area contributed by atoms with Crippen LogP contribution in [-0.2, 0) is 0 Å². The molecule has 0 aliphatic carbocycles. The summed E-state index contributed by atoms with van der Waals surface area (Å²) in [6.07, 6.45) is 0. The number of nitro benzene ring substituents is 1. The number of anilines is 1. The van der Waals surface area contributed by atoms with Crippen LogP contribution in [0.15, 0.2) is 12.1 Å². The molecule has 1 aromatic rings. The van der Waals surface area contributed by atoms with Gasteiger partial charge in [-0.2, -0.15) is 0 Å². The monoisotopic (exact) mass is 218 g/mol. The van der Waals surface area contributed by atoms with Crippen molar-refractivity contribution in [3.8, 4) is 0 Å². The third-order valence-corrected chi connectivity index (χ3v) is 1.98. The molecule has 0 bridgehead atoms. The summed E-state index contributed by atoms with van der Waals surface area (Å²) in [6.45, 7) is 0. The molecule has 0 spiro atoms.